The van der Waals surface area contributed by atoms with Gasteiger partial charge in [-0.1, -0.05) is 18.2 Å². The van der Waals surface area contributed by atoms with Gasteiger partial charge in [-0.2, -0.15) is 0 Å². The van der Waals surface area contributed by atoms with Gasteiger partial charge in [0, 0.05) is 0 Å². The number of hydrogen-bond acceptors (Lipinski definition) is 5. The SMILES string of the molecule is CCOC(=O)c1ccccc1NC(=O)C1(c2ccc3c(c2)OCCO3)CC1. The lowest BCUT2D eigenvalue weighted by Crippen LogP contribution is -2.29. The van der Waals surface area contributed by atoms with Crippen LogP contribution in [-0.4, -0.2) is 31.7 Å². The molecule has 0 saturated heterocycles. The third kappa shape index (κ3) is 3.23. The Labute approximate surface area is 157 Å². The minimum Gasteiger partial charge on any atom is -0.486 e. The molecule has 0 unspecified atom stereocenters. The van der Waals surface area contributed by atoms with Gasteiger partial charge in [-0.3, -0.25) is 4.79 Å². The summed E-state index contributed by atoms with van der Waals surface area (Å²) in [4.78, 5) is 25.2. The normalized spacial score (nSPS) is 16.3. The average Bonchev–Trinajstić information content (AvgIpc) is 3.50. The number of anilines is 1. The van der Waals surface area contributed by atoms with Crippen molar-refractivity contribution in [2.24, 2.45) is 0 Å². The molecule has 2 aliphatic rings. The predicted molar refractivity (Wildman–Crippen MR) is 99.4 cm³/mol. The molecule has 0 bridgehead atoms. The zero-order valence-corrected chi connectivity index (χ0v) is 15.1. The molecule has 0 aromatic heterocycles. The van der Waals surface area contributed by atoms with Crippen molar-refractivity contribution in [3.8, 4) is 11.5 Å². The fourth-order valence-corrected chi connectivity index (χ4v) is 3.33. The first kappa shape index (κ1) is 17.4. The van der Waals surface area contributed by atoms with Crippen molar-refractivity contribution in [1.29, 1.82) is 0 Å². The van der Waals surface area contributed by atoms with Crippen LogP contribution in [0.1, 0.15) is 35.7 Å². The van der Waals surface area contributed by atoms with Crippen LogP contribution in [0.4, 0.5) is 5.69 Å². The van der Waals surface area contributed by atoms with Crippen LogP contribution in [0.25, 0.3) is 0 Å². The molecular weight excluding hydrogens is 346 g/mol. The highest BCUT2D eigenvalue weighted by atomic mass is 16.6. The third-order valence-electron chi connectivity index (χ3n) is 4.95. The summed E-state index contributed by atoms with van der Waals surface area (Å²) in [6.07, 6.45) is 1.50. The quantitative estimate of drug-likeness (QED) is 0.821. The van der Waals surface area contributed by atoms with Crippen molar-refractivity contribution in [2.75, 3.05) is 25.1 Å². The maximum atomic E-state index is 13.1. The lowest BCUT2D eigenvalue weighted by Gasteiger charge is -2.22. The number of hydrogen-bond donors (Lipinski definition) is 1. The molecule has 1 heterocycles. The molecule has 1 amide bonds. The second kappa shape index (κ2) is 6.95. The Morgan fingerprint density at radius 2 is 1.81 bits per heavy atom. The summed E-state index contributed by atoms with van der Waals surface area (Å²) in [6, 6.07) is 12.5. The van der Waals surface area contributed by atoms with Crippen LogP contribution in [0, 0.1) is 0 Å². The van der Waals surface area contributed by atoms with Gasteiger partial charge in [0.15, 0.2) is 11.5 Å². The molecule has 1 N–H and O–H groups in total. The number of amides is 1. The van der Waals surface area contributed by atoms with Crippen molar-refractivity contribution in [3.05, 3.63) is 53.6 Å². The predicted octanol–water partition coefficient (Wildman–Crippen LogP) is 3.30. The first-order valence-electron chi connectivity index (χ1n) is 9.12. The molecule has 1 aliphatic heterocycles. The number of rotatable bonds is 5. The Balaban J connectivity index is 1.58. The Kier molecular flexibility index (Phi) is 4.48. The highest BCUT2D eigenvalue weighted by Gasteiger charge is 2.51. The van der Waals surface area contributed by atoms with Crippen LogP contribution < -0.4 is 14.8 Å². The van der Waals surface area contributed by atoms with Crippen LogP contribution in [0.15, 0.2) is 42.5 Å². The summed E-state index contributed by atoms with van der Waals surface area (Å²) in [5, 5.41) is 2.92. The summed E-state index contributed by atoms with van der Waals surface area (Å²) < 4.78 is 16.3. The summed E-state index contributed by atoms with van der Waals surface area (Å²) in [5.41, 5.74) is 1.12. The maximum absolute atomic E-state index is 13.1. The smallest absolute Gasteiger partial charge is 0.340 e. The minimum atomic E-state index is -0.600. The zero-order valence-electron chi connectivity index (χ0n) is 15.1. The van der Waals surface area contributed by atoms with Gasteiger partial charge in [0.25, 0.3) is 0 Å². The summed E-state index contributed by atoms with van der Waals surface area (Å²) in [5.74, 6) is 0.798. The number of carbonyl (C=O) groups is 2. The maximum Gasteiger partial charge on any atom is 0.340 e. The van der Waals surface area contributed by atoms with Gasteiger partial charge in [0.1, 0.15) is 13.2 Å². The van der Waals surface area contributed by atoms with E-state index in [1.807, 2.05) is 18.2 Å². The van der Waals surface area contributed by atoms with Gasteiger partial charge < -0.3 is 19.5 Å². The largest absolute Gasteiger partial charge is 0.486 e. The van der Waals surface area contributed by atoms with E-state index >= 15 is 0 Å². The van der Waals surface area contributed by atoms with Crippen molar-refractivity contribution in [3.63, 3.8) is 0 Å². The molecule has 0 atom stereocenters. The number of fused-ring (bicyclic) bond motifs is 1. The number of carbonyl (C=O) groups excluding carboxylic acids is 2. The van der Waals surface area contributed by atoms with Crippen LogP contribution >= 0.6 is 0 Å². The molecule has 1 saturated carbocycles. The first-order chi connectivity index (χ1) is 13.1. The van der Waals surface area contributed by atoms with E-state index in [9.17, 15) is 9.59 Å². The Hall–Kier alpha value is -3.02. The molecule has 1 fully saturated rings. The second-order valence-electron chi connectivity index (χ2n) is 6.66. The fraction of sp³-hybridized carbons (Fsp3) is 0.333. The fourth-order valence-electron chi connectivity index (χ4n) is 3.33. The van der Waals surface area contributed by atoms with E-state index in [-0.39, 0.29) is 12.5 Å². The zero-order chi connectivity index (χ0) is 18.9. The molecule has 0 spiro atoms. The van der Waals surface area contributed by atoms with E-state index in [4.69, 9.17) is 14.2 Å². The standard InChI is InChI=1S/C21H21NO5/c1-2-25-19(23)15-5-3-4-6-16(15)22-20(24)21(9-10-21)14-7-8-17-18(13-14)27-12-11-26-17/h3-8,13H,2,9-12H2,1H3,(H,22,24). The number of ether oxygens (including phenoxy) is 3. The lowest BCUT2D eigenvalue weighted by atomic mass is 9.94. The van der Waals surface area contributed by atoms with Gasteiger partial charge >= 0.3 is 5.97 Å². The molecule has 6 heteroatoms. The Morgan fingerprint density at radius 3 is 2.56 bits per heavy atom. The van der Waals surface area contributed by atoms with E-state index in [0.717, 1.165) is 18.4 Å². The van der Waals surface area contributed by atoms with Gasteiger partial charge in [-0.15, -0.1) is 0 Å². The van der Waals surface area contributed by atoms with E-state index in [2.05, 4.69) is 5.32 Å². The molecule has 2 aromatic rings. The summed E-state index contributed by atoms with van der Waals surface area (Å²) in [7, 11) is 0. The molecule has 2 aromatic carbocycles. The first-order valence-corrected chi connectivity index (χ1v) is 9.12. The molecule has 140 valence electrons. The molecular formula is C21H21NO5. The van der Waals surface area contributed by atoms with Crippen LogP contribution in [0.2, 0.25) is 0 Å². The van der Waals surface area contributed by atoms with Gasteiger partial charge in [-0.25, -0.2) is 4.79 Å². The van der Waals surface area contributed by atoms with Gasteiger partial charge in [-0.05, 0) is 49.6 Å². The minimum absolute atomic E-state index is 0.129. The molecule has 0 radical (unpaired) electrons. The second-order valence-corrected chi connectivity index (χ2v) is 6.66. The molecule has 1 aliphatic carbocycles. The number of esters is 1. The van der Waals surface area contributed by atoms with Gasteiger partial charge in [0.2, 0.25) is 5.91 Å². The van der Waals surface area contributed by atoms with Crippen molar-refractivity contribution >= 4 is 17.6 Å². The summed E-state index contributed by atoms with van der Waals surface area (Å²) >= 11 is 0. The van der Waals surface area contributed by atoms with E-state index in [0.29, 0.717) is 36.0 Å². The van der Waals surface area contributed by atoms with Crippen LogP contribution in [-0.2, 0) is 14.9 Å². The average molecular weight is 367 g/mol. The van der Waals surface area contributed by atoms with E-state index < -0.39 is 11.4 Å². The number of para-hydroxylation sites is 1. The molecule has 6 nitrogen and oxygen atoms in total. The Morgan fingerprint density at radius 1 is 1.07 bits per heavy atom. The topological polar surface area (TPSA) is 73.9 Å². The van der Waals surface area contributed by atoms with Crippen molar-refractivity contribution in [1.82, 2.24) is 0 Å². The lowest BCUT2D eigenvalue weighted by molar-refractivity contribution is -0.118. The number of benzene rings is 2. The number of nitrogens with one attached hydrogen (secondary N) is 1. The molecule has 4 rings (SSSR count). The van der Waals surface area contributed by atoms with E-state index in [1.54, 1.807) is 31.2 Å². The van der Waals surface area contributed by atoms with Crippen molar-refractivity contribution < 1.29 is 23.8 Å². The summed E-state index contributed by atoms with van der Waals surface area (Å²) in [6.45, 7) is 3.06. The highest BCUT2D eigenvalue weighted by Crippen LogP contribution is 2.51. The van der Waals surface area contributed by atoms with Crippen LogP contribution in [0.5, 0.6) is 11.5 Å². The molecule has 27 heavy (non-hydrogen) atoms. The van der Waals surface area contributed by atoms with Gasteiger partial charge in [0.05, 0.1) is 23.3 Å². The van der Waals surface area contributed by atoms with E-state index in [1.165, 1.54) is 0 Å². The highest BCUT2D eigenvalue weighted by molar-refractivity contribution is 6.06. The monoisotopic (exact) mass is 367 g/mol. The van der Waals surface area contributed by atoms with Crippen LogP contribution in [0.3, 0.4) is 0 Å². The Bertz CT molecular complexity index is 888. The third-order valence-corrected chi connectivity index (χ3v) is 4.95. The van der Waals surface area contributed by atoms with Crippen molar-refractivity contribution in [2.45, 2.75) is 25.2 Å².